The van der Waals surface area contributed by atoms with Crippen molar-refractivity contribution in [2.24, 2.45) is 4.99 Å². The second-order valence-electron chi connectivity index (χ2n) is 7.50. The van der Waals surface area contributed by atoms with Crippen LogP contribution in [0.4, 0.5) is 0 Å². The molecular weight excluding hydrogens is 483 g/mol. The summed E-state index contributed by atoms with van der Waals surface area (Å²) in [5.74, 6) is 1.30. The Morgan fingerprint density at radius 1 is 1.14 bits per heavy atom. The number of hydrogen-bond donors (Lipinski definition) is 1. The van der Waals surface area contributed by atoms with E-state index in [1.165, 1.54) is 0 Å². The summed E-state index contributed by atoms with van der Waals surface area (Å²) in [6, 6.07) is 3.94. The Morgan fingerprint density at radius 2 is 1.79 bits per heavy atom. The van der Waals surface area contributed by atoms with Crippen LogP contribution in [0.5, 0.6) is 0 Å². The van der Waals surface area contributed by atoms with E-state index >= 15 is 0 Å². The second kappa shape index (κ2) is 11.8. The van der Waals surface area contributed by atoms with Crippen LogP contribution in [0.25, 0.3) is 0 Å². The number of nitrogens with zero attached hydrogens (tertiary/aromatic N) is 5. The van der Waals surface area contributed by atoms with Crippen LogP contribution in [0.15, 0.2) is 27.8 Å². The molecule has 0 aromatic carbocycles. The Labute approximate surface area is 191 Å². The first-order valence-corrected chi connectivity index (χ1v) is 10.4. The van der Waals surface area contributed by atoms with Gasteiger partial charge >= 0.3 is 0 Å². The number of carbonyl (C=O) groups excluding carboxylic acids is 1. The number of aliphatic imine (C=N–C) groups is 1. The average molecular weight is 518 g/mol. The number of carbonyl (C=O) groups is 1. The molecule has 0 bridgehead atoms. The molecule has 1 amide bonds. The van der Waals surface area contributed by atoms with E-state index in [0.29, 0.717) is 24.9 Å². The summed E-state index contributed by atoms with van der Waals surface area (Å²) in [4.78, 5) is 26.0. The molecule has 1 aromatic rings. The van der Waals surface area contributed by atoms with Crippen molar-refractivity contribution in [1.82, 2.24) is 24.9 Å². The summed E-state index contributed by atoms with van der Waals surface area (Å²) in [5, 5.41) is 3.53. The monoisotopic (exact) mass is 518 g/mol. The Balaban J connectivity index is 0.00000300. The highest BCUT2D eigenvalue weighted by Crippen LogP contribution is 2.10. The van der Waals surface area contributed by atoms with Crippen LogP contribution in [-0.2, 0) is 0 Å². The fourth-order valence-corrected chi connectivity index (χ4v) is 3.90. The van der Waals surface area contributed by atoms with Crippen LogP contribution in [0.1, 0.15) is 24.4 Å². The van der Waals surface area contributed by atoms with Gasteiger partial charge in [-0.15, -0.1) is 24.0 Å². The van der Waals surface area contributed by atoms with Gasteiger partial charge < -0.3 is 24.4 Å². The maximum absolute atomic E-state index is 12.4. The number of piperazine rings is 2. The Bertz CT molecular complexity index is 637. The molecule has 164 valence electrons. The molecule has 1 aromatic heterocycles. The third kappa shape index (κ3) is 6.32. The van der Waals surface area contributed by atoms with Gasteiger partial charge in [-0.2, -0.15) is 0 Å². The minimum atomic E-state index is -0.0348. The van der Waals surface area contributed by atoms with Crippen molar-refractivity contribution in [3.63, 3.8) is 0 Å². The SMILES string of the molecule is CCN1CCN(C(C)CNC(=NC)N2CCN(C(=O)c3ccco3)CC2)CC1.I. The lowest BCUT2D eigenvalue weighted by molar-refractivity contribution is 0.0657. The molecule has 8 nitrogen and oxygen atoms in total. The van der Waals surface area contributed by atoms with Crippen molar-refractivity contribution in [1.29, 1.82) is 0 Å². The Morgan fingerprint density at radius 3 is 2.34 bits per heavy atom. The van der Waals surface area contributed by atoms with Gasteiger partial charge in [-0.1, -0.05) is 6.92 Å². The van der Waals surface area contributed by atoms with E-state index in [0.717, 1.165) is 58.3 Å². The van der Waals surface area contributed by atoms with Gasteiger partial charge in [0.2, 0.25) is 0 Å². The third-order valence-corrected chi connectivity index (χ3v) is 5.84. The predicted octanol–water partition coefficient (Wildman–Crippen LogP) is 1.26. The minimum Gasteiger partial charge on any atom is -0.459 e. The van der Waals surface area contributed by atoms with E-state index in [4.69, 9.17) is 4.42 Å². The van der Waals surface area contributed by atoms with Crippen molar-refractivity contribution in [3.05, 3.63) is 24.2 Å². The molecule has 2 aliphatic rings. The number of furan rings is 1. The number of rotatable bonds is 5. The molecule has 1 N–H and O–H groups in total. The van der Waals surface area contributed by atoms with Gasteiger partial charge in [0, 0.05) is 72.0 Å². The lowest BCUT2D eigenvalue weighted by Crippen LogP contribution is -2.56. The van der Waals surface area contributed by atoms with Gasteiger partial charge in [-0.25, -0.2) is 0 Å². The molecule has 0 spiro atoms. The van der Waals surface area contributed by atoms with Crippen LogP contribution < -0.4 is 5.32 Å². The zero-order valence-corrected chi connectivity index (χ0v) is 20.2. The van der Waals surface area contributed by atoms with Gasteiger partial charge in [0.15, 0.2) is 11.7 Å². The van der Waals surface area contributed by atoms with Crippen LogP contribution in [-0.4, -0.2) is 110 Å². The zero-order chi connectivity index (χ0) is 19.9. The van der Waals surface area contributed by atoms with Gasteiger partial charge in [-0.3, -0.25) is 14.7 Å². The minimum absolute atomic E-state index is 0. The third-order valence-electron chi connectivity index (χ3n) is 5.84. The number of halogens is 1. The molecule has 0 aliphatic carbocycles. The summed E-state index contributed by atoms with van der Waals surface area (Å²) in [7, 11) is 1.83. The number of amides is 1. The molecular formula is C20H35IN6O2. The maximum atomic E-state index is 12.4. The summed E-state index contributed by atoms with van der Waals surface area (Å²) >= 11 is 0. The summed E-state index contributed by atoms with van der Waals surface area (Å²) in [6.07, 6.45) is 1.54. The van der Waals surface area contributed by atoms with Gasteiger partial charge in [-0.05, 0) is 25.6 Å². The predicted molar refractivity (Wildman–Crippen MR) is 126 cm³/mol. The van der Waals surface area contributed by atoms with E-state index < -0.39 is 0 Å². The summed E-state index contributed by atoms with van der Waals surface area (Å²) < 4.78 is 5.23. The van der Waals surface area contributed by atoms with Crippen LogP contribution in [0.3, 0.4) is 0 Å². The van der Waals surface area contributed by atoms with Crippen molar-refractivity contribution in [2.45, 2.75) is 19.9 Å². The van der Waals surface area contributed by atoms with E-state index in [2.05, 4.69) is 38.9 Å². The standard InChI is InChI=1S/C20H34N6O2.HI/c1-4-23-7-9-24(10-8-23)17(2)16-22-20(21-3)26-13-11-25(12-14-26)19(27)18-6-5-15-28-18;/h5-6,15,17H,4,7-14,16H2,1-3H3,(H,21,22);1H. The summed E-state index contributed by atoms with van der Waals surface area (Å²) in [6.45, 7) is 14.0. The molecule has 2 fully saturated rings. The van der Waals surface area contributed by atoms with E-state index in [9.17, 15) is 4.79 Å². The number of likely N-dealkylation sites (N-methyl/N-ethyl adjacent to an activating group) is 1. The fraction of sp³-hybridized carbons (Fsp3) is 0.700. The molecule has 2 saturated heterocycles. The van der Waals surface area contributed by atoms with E-state index in [1.807, 2.05) is 11.9 Å². The molecule has 9 heteroatoms. The van der Waals surface area contributed by atoms with Gasteiger partial charge in [0.05, 0.1) is 6.26 Å². The lowest BCUT2D eigenvalue weighted by Gasteiger charge is -2.39. The number of nitrogens with one attached hydrogen (secondary N) is 1. The van der Waals surface area contributed by atoms with Crippen LogP contribution >= 0.6 is 24.0 Å². The highest BCUT2D eigenvalue weighted by atomic mass is 127. The molecule has 0 radical (unpaired) electrons. The number of hydrogen-bond acceptors (Lipinski definition) is 5. The first-order valence-electron chi connectivity index (χ1n) is 10.4. The normalized spacial score (nSPS) is 20.3. The molecule has 2 aliphatic heterocycles. The van der Waals surface area contributed by atoms with Crippen LogP contribution in [0.2, 0.25) is 0 Å². The van der Waals surface area contributed by atoms with E-state index in [-0.39, 0.29) is 29.9 Å². The molecule has 0 saturated carbocycles. The Kier molecular flexibility index (Phi) is 9.70. The highest BCUT2D eigenvalue weighted by molar-refractivity contribution is 14.0. The first kappa shape index (κ1) is 23.9. The smallest absolute Gasteiger partial charge is 0.289 e. The van der Waals surface area contributed by atoms with Crippen molar-refractivity contribution in [2.75, 3.05) is 72.5 Å². The van der Waals surface area contributed by atoms with Crippen LogP contribution in [0, 0.1) is 0 Å². The zero-order valence-electron chi connectivity index (χ0n) is 17.8. The van der Waals surface area contributed by atoms with Crippen molar-refractivity contribution < 1.29 is 9.21 Å². The summed E-state index contributed by atoms with van der Waals surface area (Å²) in [5.41, 5.74) is 0. The molecule has 1 atom stereocenters. The molecule has 1 unspecified atom stereocenters. The topological polar surface area (TPSA) is 67.6 Å². The fourth-order valence-electron chi connectivity index (χ4n) is 3.90. The lowest BCUT2D eigenvalue weighted by atomic mass is 10.2. The highest BCUT2D eigenvalue weighted by Gasteiger charge is 2.26. The first-order chi connectivity index (χ1) is 13.6. The number of guanidine groups is 1. The molecule has 3 rings (SSSR count). The quantitative estimate of drug-likeness (QED) is 0.360. The largest absolute Gasteiger partial charge is 0.459 e. The maximum Gasteiger partial charge on any atom is 0.289 e. The van der Waals surface area contributed by atoms with Gasteiger partial charge in [0.25, 0.3) is 5.91 Å². The van der Waals surface area contributed by atoms with Crippen molar-refractivity contribution in [3.8, 4) is 0 Å². The Hall–Kier alpha value is -1.33. The second-order valence-corrected chi connectivity index (χ2v) is 7.50. The molecule has 3 heterocycles. The van der Waals surface area contributed by atoms with E-state index in [1.54, 1.807) is 18.4 Å². The molecule has 29 heavy (non-hydrogen) atoms. The van der Waals surface area contributed by atoms with Gasteiger partial charge in [0.1, 0.15) is 0 Å². The average Bonchev–Trinajstić information content (AvgIpc) is 3.29. The van der Waals surface area contributed by atoms with Crippen molar-refractivity contribution >= 4 is 35.8 Å².